The summed E-state index contributed by atoms with van der Waals surface area (Å²) in [6.07, 6.45) is 1.52. The lowest BCUT2D eigenvalue weighted by Gasteiger charge is -2.30. The molecule has 0 aliphatic heterocycles. The number of hydrogen-bond donors (Lipinski definition) is 1. The summed E-state index contributed by atoms with van der Waals surface area (Å²) in [5, 5.41) is 3.43. The van der Waals surface area contributed by atoms with E-state index in [0.29, 0.717) is 26.4 Å². The fourth-order valence-electron chi connectivity index (χ4n) is 2.03. The molecule has 5 nitrogen and oxygen atoms in total. The molecule has 0 fully saturated rings. The topological polar surface area (TPSA) is 49.0 Å². The van der Waals surface area contributed by atoms with Crippen LogP contribution in [0.5, 0.6) is 0 Å². The SMILES string of the molecule is CCO[Si](C)(CNC[Si](C)(OCC)OCC)OCC. The van der Waals surface area contributed by atoms with Crippen molar-refractivity contribution in [3.63, 3.8) is 0 Å². The van der Waals surface area contributed by atoms with Crippen molar-refractivity contribution in [1.29, 1.82) is 0 Å². The van der Waals surface area contributed by atoms with Crippen LogP contribution in [-0.4, -0.2) is 55.9 Å². The minimum atomic E-state index is -2.10. The van der Waals surface area contributed by atoms with Crippen LogP contribution in [0.4, 0.5) is 0 Å². The normalized spacial score (nSPS) is 12.9. The summed E-state index contributed by atoms with van der Waals surface area (Å²) in [6, 6.07) is 0. The van der Waals surface area contributed by atoms with E-state index in [1.165, 1.54) is 0 Å². The summed E-state index contributed by atoms with van der Waals surface area (Å²) < 4.78 is 23.2. The van der Waals surface area contributed by atoms with Crippen LogP contribution in [0, 0.1) is 0 Å². The molecule has 0 aliphatic carbocycles. The van der Waals surface area contributed by atoms with Crippen LogP contribution in [0.25, 0.3) is 0 Å². The van der Waals surface area contributed by atoms with E-state index in [1.807, 2.05) is 27.7 Å². The number of hydrogen-bond acceptors (Lipinski definition) is 5. The molecule has 0 unspecified atom stereocenters. The Morgan fingerprint density at radius 3 is 1.11 bits per heavy atom. The predicted octanol–water partition coefficient (Wildman–Crippen LogP) is 1.94. The molecule has 19 heavy (non-hydrogen) atoms. The van der Waals surface area contributed by atoms with Crippen molar-refractivity contribution < 1.29 is 17.7 Å². The van der Waals surface area contributed by atoms with Crippen molar-refractivity contribution in [3.05, 3.63) is 0 Å². The molecule has 0 bridgehead atoms. The van der Waals surface area contributed by atoms with Gasteiger partial charge in [-0.2, -0.15) is 0 Å². The van der Waals surface area contributed by atoms with Crippen LogP contribution in [0.1, 0.15) is 27.7 Å². The van der Waals surface area contributed by atoms with Crippen molar-refractivity contribution in [3.8, 4) is 0 Å². The molecule has 0 saturated heterocycles. The third-order valence-electron chi connectivity index (χ3n) is 2.69. The smallest absolute Gasteiger partial charge is 0.349 e. The third-order valence-corrected chi connectivity index (χ3v) is 8.07. The Hall–Kier alpha value is 0.234. The van der Waals surface area contributed by atoms with Gasteiger partial charge in [-0.15, -0.1) is 0 Å². The van der Waals surface area contributed by atoms with Crippen LogP contribution in [0.15, 0.2) is 0 Å². The summed E-state index contributed by atoms with van der Waals surface area (Å²) in [5.74, 6) is 0. The number of nitrogens with one attached hydrogen (secondary N) is 1. The Kier molecular flexibility index (Phi) is 10.2. The first-order valence-electron chi connectivity index (χ1n) is 7.21. The van der Waals surface area contributed by atoms with Crippen LogP contribution in [-0.2, 0) is 17.7 Å². The lowest BCUT2D eigenvalue weighted by Crippen LogP contribution is -2.55. The largest absolute Gasteiger partial charge is 0.394 e. The van der Waals surface area contributed by atoms with E-state index in [4.69, 9.17) is 17.7 Å². The monoisotopic (exact) mass is 309 g/mol. The maximum atomic E-state index is 5.79. The van der Waals surface area contributed by atoms with E-state index in [9.17, 15) is 0 Å². The van der Waals surface area contributed by atoms with Gasteiger partial charge in [-0.1, -0.05) is 0 Å². The highest BCUT2D eigenvalue weighted by Crippen LogP contribution is 2.08. The van der Waals surface area contributed by atoms with Crippen molar-refractivity contribution in [1.82, 2.24) is 5.32 Å². The first-order valence-corrected chi connectivity index (χ1v) is 12.3. The first-order chi connectivity index (χ1) is 8.95. The van der Waals surface area contributed by atoms with Gasteiger partial charge in [0.2, 0.25) is 0 Å². The zero-order chi connectivity index (χ0) is 14.8. The van der Waals surface area contributed by atoms with E-state index >= 15 is 0 Å². The van der Waals surface area contributed by atoms with Gasteiger partial charge in [0, 0.05) is 38.8 Å². The van der Waals surface area contributed by atoms with Crippen molar-refractivity contribution >= 4 is 17.1 Å². The average Bonchev–Trinajstić information content (AvgIpc) is 2.29. The standard InChI is InChI=1S/C12H31NO4Si2/c1-7-14-18(5,15-8-2)11-13-12-19(6,16-9-3)17-10-4/h13H,7-12H2,1-6H3. The van der Waals surface area contributed by atoms with E-state index in [-0.39, 0.29) is 0 Å². The molecule has 0 aromatic heterocycles. The molecule has 0 saturated carbocycles. The maximum absolute atomic E-state index is 5.79. The second kappa shape index (κ2) is 10.0. The van der Waals surface area contributed by atoms with E-state index in [0.717, 1.165) is 12.3 Å². The Morgan fingerprint density at radius 2 is 0.895 bits per heavy atom. The molecule has 0 aromatic rings. The molecule has 1 N–H and O–H groups in total. The average molecular weight is 310 g/mol. The molecule has 0 aliphatic rings. The van der Waals surface area contributed by atoms with Crippen molar-refractivity contribution in [2.75, 3.05) is 38.8 Å². The zero-order valence-corrected chi connectivity index (χ0v) is 15.4. The highest BCUT2D eigenvalue weighted by molar-refractivity contribution is 6.67. The van der Waals surface area contributed by atoms with Crippen LogP contribution in [0.2, 0.25) is 13.1 Å². The molecule has 7 heteroatoms. The molecular weight excluding hydrogens is 278 g/mol. The van der Waals surface area contributed by atoms with Gasteiger partial charge in [0.05, 0.1) is 0 Å². The first kappa shape index (κ1) is 19.2. The molecule has 0 amide bonds. The van der Waals surface area contributed by atoms with Gasteiger partial charge < -0.3 is 23.0 Å². The summed E-state index contributed by atoms with van der Waals surface area (Å²) in [7, 11) is -4.19. The van der Waals surface area contributed by atoms with Gasteiger partial charge in [-0.3, -0.25) is 0 Å². The van der Waals surface area contributed by atoms with Gasteiger partial charge >= 0.3 is 17.1 Å². The zero-order valence-electron chi connectivity index (χ0n) is 13.4. The molecule has 0 rings (SSSR count). The van der Waals surface area contributed by atoms with Crippen molar-refractivity contribution in [2.24, 2.45) is 0 Å². The number of rotatable bonds is 12. The summed E-state index contributed by atoms with van der Waals surface area (Å²) >= 11 is 0. The summed E-state index contributed by atoms with van der Waals surface area (Å²) in [6.45, 7) is 15.0. The molecule has 0 radical (unpaired) electrons. The molecule has 0 aromatic carbocycles. The lowest BCUT2D eigenvalue weighted by molar-refractivity contribution is 0.180. The van der Waals surface area contributed by atoms with E-state index in [1.54, 1.807) is 0 Å². The van der Waals surface area contributed by atoms with Gasteiger partial charge in [0.25, 0.3) is 0 Å². The molecule has 0 atom stereocenters. The van der Waals surface area contributed by atoms with Crippen LogP contribution < -0.4 is 5.32 Å². The highest BCUT2D eigenvalue weighted by atomic mass is 28.4. The molecule has 0 heterocycles. The van der Waals surface area contributed by atoms with E-state index < -0.39 is 17.1 Å². The second-order valence-corrected chi connectivity index (χ2v) is 11.0. The van der Waals surface area contributed by atoms with Gasteiger partial charge in [0.1, 0.15) is 0 Å². The predicted molar refractivity (Wildman–Crippen MR) is 82.6 cm³/mol. The Labute approximate surface area is 120 Å². The lowest BCUT2D eigenvalue weighted by atomic mass is 10.9. The summed E-state index contributed by atoms with van der Waals surface area (Å²) in [4.78, 5) is 0. The highest BCUT2D eigenvalue weighted by Gasteiger charge is 2.34. The Balaban J connectivity index is 4.27. The van der Waals surface area contributed by atoms with E-state index in [2.05, 4.69) is 18.4 Å². The third kappa shape index (κ3) is 8.18. The quantitative estimate of drug-likeness (QED) is 0.558. The van der Waals surface area contributed by atoms with Gasteiger partial charge in [-0.05, 0) is 40.8 Å². The Bertz CT molecular complexity index is 198. The minimum absolute atomic E-state index is 0.690. The second-order valence-electron chi connectivity index (χ2n) is 4.60. The fraction of sp³-hybridized carbons (Fsp3) is 1.00. The van der Waals surface area contributed by atoms with Gasteiger partial charge in [0.15, 0.2) is 0 Å². The molecular formula is C12H31NO4Si2. The Morgan fingerprint density at radius 1 is 0.632 bits per heavy atom. The van der Waals surface area contributed by atoms with Gasteiger partial charge in [-0.25, -0.2) is 0 Å². The molecule has 0 spiro atoms. The maximum Gasteiger partial charge on any atom is 0.349 e. The van der Waals surface area contributed by atoms with Crippen LogP contribution in [0.3, 0.4) is 0 Å². The van der Waals surface area contributed by atoms with Crippen molar-refractivity contribution in [2.45, 2.75) is 40.8 Å². The minimum Gasteiger partial charge on any atom is -0.394 e. The molecule has 116 valence electrons. The summed E-state index contributed by atoms with van der Waals surface area (Å²) in [5.41, 5.74) is 0. The van der Waals surface area contributed by atoms with Crippen LogP contribution >= 0.6 is 0 Å². The fourth-order valence-corrected chi connectivity index (χ4v) is 6.45.